The second-order valence-electron chi connectivity index (χ2n) is 5.78. The fourth-order valence-corrected chi connectivity index (χ4v) is 4.01. The molecule has 0 spiro atoms. The molecule has 1 amide bonds. The first-order valence-corrected chi connectivity index (χ1v) is 9.47. The fraction of sp³-hybridized carbons (Fsp3) is 0.500. The number of sulfone groups is 1. The SMILES string of the molecule is CC1CCS(=O)(=O)CCN1CCC(=O)Nc1ccccc1C#N. The molecule has 2 rings (SSSR count). The highest BCUT2D eigenvalue weighted by Crippen LogP contribution is 2.15. The summed E-state index contributed by atoms with van der Waals surface area (Å²) < 4.78 is 23.3. The minimum absolute atomic E-state index is 0.145. The molecule has 1 aliphatic heterocycles. The molecular formula is C16H21N3O3S. The second kappa shape index (κ2) is 7.57. The molecule has 1 unspecified atom stereocenters. The minimum atomic E-state index is -2.96. The third-order valence-electron chi connectivity index (χ3n) is 4.11. The Hall–Kier alpha value is -1.91. The Morgan fingerprint density at radius 1 is 1.39 bits per heavy atom. The van der Waals surface area contributed by atoms with Gasteiger partial charge in [-0.25, -0.2) is 8.42 Å². The lowest BCUT2D eigenvalue weighted by Crippen LogP contribution is -2.36. The van der Waals surface area contributed by atoms with Crippen molar-refractivity contribution in [2.24, 2.45) is 0 Å². The smallest absolute Gasteiger partial charge is 0.225 e. The van der Waals surface area contributed by atoms with Crippen molar-refractivity contribution in [3.8, 4) is 6.07 Å². The van der Waals surface area contributed by atoms with Crippen molar-refractivity contribution in [1.29, 1.82) is 5.26 Å². The summed E-state index contributed by atoms with van der Waals surface area (Å²) in [5, 5.41) is 11.8. The van der Waals surface area contributed by atoms with Gasteiger partial charge in [0.25, 0.3) is 0 Å². The van der Waals surface area contributed by atoms with Crippen molar-refractivity contribution in [2.75, 3.05) is 29.9 Å². The summed E-state index contributed by atoms with van der Waals surface area (Å²) in [4.78, 5) is 14.1. The summed E-state index contributed by atoms with van der Waals surface area (Å²) in [5.74, 6) is 0.190. The van der Waals surface area contributed by atoms with Gasteiger partial charge in [-0.1, -0.05) is 12.1 Å². The van der Waals surface area contributed by atoms with E-state index in [-0.39, 0.29) is 29.9 Å². The quantitative estimate of drug-likeness (QED) is 0.898. The van der Waals surface area contributed by atoms with Crippen molar-refractivity contribution in [1.82, 2.24) is 4.90 Å². The van der Waals surface area contributed by atoms with Gasteiger partial charge < -0.3 is 5.32 Å². The molecule has 7 heteroatoms. The highest BCUT2D eigenvalue weighted by Gasteiger charge is 2.24. The average molecular weight is 335 g/mol. The summed E-state index contributed by atoms with van der Waals surface area (Å²) in [6.45, 7) is 2.96. The van der Waals surface area contributed by atoms with Crippen LogP contribution in [0, 0.1) is 11.3 Å². The van der Waals surface area contributed by atoms with Gasteiger partial charge in [0.05, 0.1) is 22.8 Å². The summed E-state index contributed by atoms with van der Waals surface area (Å²) in [7, 11) is -2.96. The van der Waals surface area contributed by atoms with Crippen molar-refractivity contribution in [3.05, 3.63) is 29.8 Å². The van der Waals surface area contributed by atoms with Crippen LogP contribution in [-0.4, -0.2) is 49.9 Å². The largest absolute Gasteiger partial charge is 0.325 e. The maximum atomic E-state index is 12.1. The molecule has 1 fully saturated rings. The topological polar surface area (TPSA) is 90.3 Å². The van der Waals surface area contributed by atoms with E-state index in [2.05, 4.69) is 5.32 Å². The van der Waals surface area contributed by atoms with Crippen LogP contribution < -0.4 is 5.32 Å². The maximum absolute atomic E-state index is 12.1. The number of nitriles is 1. The van der Waals surface area contributed by atoms with Crippen LogP contribution in [0.25, 0.3) is 0 Å². The first-order valence-electron chi connectivity index (χ1n) is 7.65. The lowest BCUT2D eigenvalue weighted by atomic mass is 10.2. The van der Waals surface area contributed by atoms with Gasteiger partial charge in [-0.05, 0) is 25.5 Å². The van der Waals surface area contributed by atoms with Gasteiger partial charge in [0, 0.05) is 25.6 Å². The first kappa shape index (κ1) is 17.4. The number of nitrogens with zero attached hydrogens (tertiary/aromatic N) is 2. The van der Waals surface area contributed by atoms with E-state index in [1.54, 1.807) is 24.3 Å². The molecule has 1 aromatic carbocycles. The third-order valence-corrected chi connectivity index (χ3v) is 5.77. The monoisotopic (exact) mass is 335 g/mol. The number of benzene rings is 1. The Morgan fingerprint density at radius 3 is 2.87 bits per heavy atom. The van der Waals surface area contributed by atoms with Gasteiger partial charge in [0.15, 0.2) is 9.84 Å². The molecule has 124 valence electrons. The molecule has 1 aromatic rings. The minimum Gasteiger partial charge on any atom is -0.325 e. The molecule has 1 aliphatic rings. The second-order valence-corrected chi connectivity index (χ2v) is 8.08. The standard InChI is InChI=1S/C16H21N3O3S/c1-13-7-10-23(21,22)11-9-19(13)8-6-16(20)18-15-5-3-2-4-14(15)12-17/h2-5,13H,6-11H2,1H3,(H,18,20). The molecule has 1 N–H and O–H groups in total. The van der Waals surface area contributed by atoms with E-state index in [0.717, 1.165) is 0 Å². The summed E-state index contributed by atoms with van der Waals surface area (Å²) in [5.41, 5.74) is 0.932. The maximum Gasteiger partial charge on any atom is 0.225 e. The van der Waals surface area contributed by atoms with E-state index in [4.69, 9.17) is 5.26 Å². The number of para-hydroxylation sites is 1. The van der Waals surface area contributed by atoms with Crippen molar-refractivity contribution in [3.63, 3.8) is 0 Å². The molecular weight excluding hydrogens is 314 g/mol. The molecule has 1 atom stereocenters. The van der Waals surface area contributed by atoms with E-state index in [1.165, 1.54) is 0 Å². The number of nitrogens with one attached hydrogen (secondary N) is 1. The van der Waals surface area contributed by atoms with Gasteiger partial charge in [-0.2, -0.15) is 5.26 Å². The Kier molecular flexibility index (Phi) is 5.74. The van der Waals surface area contributed by atoms with Gasteiger partial charge in [-0.3, -0.25) is 9.69 Å². The highest BCUT2D eigenvalue weighted by atomic mass is 32.2. The van der Waals surface area contributed by atoms with Crippen LogP contribution in [0.15, 0.2) is 24.3 Å². The van der Waals surface area contributed by atoms with Gasteiger partial charge in [0.2, 0.25) is 5.91 Å². The predicted molar refractivity (Wildman–Crippen MR) is 88.7 cm³/mol. The number of carbonyl (C=O) groups excluding carboxylic acids is 1. The van der Waals surface area contributed by atoms with E-state index in [1.807, 2.05) is 17.9 Å². The number of anilines is 1. The lowest BCUT2D eigenvalue weighted by molar-refractivity contribution is -0.116. The predicted octanol–water partition coefficient (Wildman–Crippen LogP) is 1.40. The van der Waals surface area contributed by atoms with E-state index in [9.17, 15) is 13.2 Å². The van der Waals surface area contributed by atoms with Crippen molar-refractivity contribution in [2.45, 2.75) is 25.8 Å². The van der Waals surface area contributed by atoms with Crippen LogP contribution in [0.3, 0.4) is 0 Å². The van der Waals surface area contributed by atoms with Crippen LogP contribution in [0.2, 0.25) is 0 Å². The van der Waals surface area contributed by atoms with Crippen LogP contribution in [0.1, 0.15) is 25.3 Å². The first-order chi connectivity index (χ1) is 10.9. The Bertz CT molecular complexity index is 710. The van der Waals surface area contributed by atoms with E-state index in [0.29, 0.717) is 30.8 Å². The Balaban J connectivity index is 1.90. The highest BCUT2D eigenvalue weighted by molar-refractivity contribution is 7.91. The Labute approximate surface area is 137 Å². The molecule has 0 aliphatic carbocycles. The van der Waals surface area contributed by atoms with E-state index < -0.39 is 9.84 Å². The lowest BCUT2D eigenvalue weighted by Gasteiger charge is -2.25. The van der Waals surface area contributed by atoms with Crippen molar-refractivity contribution >= 4 is 21.4 Å². The van der Waals surface area contributed by atoms with Crippen LogP contribution in [0.5, 0.6) is 0 Å². The van der Waals surface area contributed by atoms with Gasteiger partial charge in [0.1, 0.15) is 6.07 Å². The normalized spacial score (nSPS) is 21.1. The molecule has 1 saturated heterocycles. The molecule has 0 aromatic heterocycles. The van der Waals surface area contributed by atoms with Crippen LogP contribution in [-0.2, 0) is 14.6 Å². The molecule has 6 nitrogen and oxygen atoms in total. The number of hydrogen-bond donors (Lipinski definition) is 1. The average Bonchev–Trinajstić information content (AvgIpc) is 2.65. The van der Waals surface area contributed by atoms with Gasteiger partial charge >= 0.3 is 0 Å². The van der Waals surface area contributed by atoms with E-state index >= 15 is 0 Å². The number of rotatable bonds is 4. The van der Waals surface area contributed by atoms with Gasteiger partial charge in [-0.15, -0.1) is 0 Å². The molecule has 0 saturated carbocycles. The number of hydrogen-bond acceptors (Lipinski definition) is 5. The summed E-state index contributed by atoms with van der Waals surface area (Å²) >= 11 is 0. The third kappa shape index (κ3) is 5.05. The zero-order valence-electron chi connectivity index (χ0n) is 13.2. The number of amides is 1. The molecule has 0 bridgehead atoms. The van der Waals surface area contributed by atoms with Crippen molar-refractivity contribution < 1.29 is 13.2 Å². The molecule has 23 heavy (non-hydrogen) atoms. The Morgan fingerprint density at radius 2 is 2.13 bits per heavy atom. The number of carbonyl (C=O) groups is 1. The zero-order valence-corrected chi connectivity index (χ0v) is 14.0. The fourth-order valence-electron chi connectivity index (χ4n) is 2.59. The molecule has 1 heterocycles. The van der Waals surface area contributed by atoms with Crippen LogP contribution in [0.4, 0.5) is 5.69 Å². The summed E-state index contributed by atoms with van der Waals surface area (Å²) in [6, 6.07) is 9.03. The molecule has 0 radical (unpaired) electrons. The zero-order chi connectivity index (χ0) is 16.9. The summed E-state index contributed by atoms with van der Waals surface area (Å²) in [6.07, 6.45) is 0.866. The van der Waals surface area contributed by atoms with Crippen LogP contribution >= 0.6 is 0 Å².